The van der Waals surface area contributed by atoms with E-state index < -0.39 is 10.0 Å². The first kappa shape index (κ1) is 14.8. The summed E-state index contributed by atoms with van der Waals surface area (Å²) < 4.78 is 25.6. The van der Waals surface area contributed by atoms with Crippen LogP contribution < -0.4 is 15.8 Å². The van der Waals surface area contributed by atoms with Gasteiger partial charge in [0.1, 0.15) is 0 Å². The lowest BCUT2D eigenvalue weighted by Crippen LogP contribution is -2.19. The fourth-order valence-corrected chi connectivity index (χ4v) is 3.31. The SMILES string of the molecule is CNS(=O)(=O)c1ccc(NC(C)c2ccsc2)c(N)c1. The summed E-state index contributed by atoms with van der Waals surface area (Å²) in [5.74, 6) is 0. The Labute approximate surface area is 122 Å². The molecule has 2 rings (SSSR count). The van der Waals surface area contributed by atoms with Crippen LogP contribution in [0.15, 0.2) is 39.9 Å². The smallest absolute Gasteiger partial charge is 0.240 e. The normalized spacial score (nSPS) is 13.1. The minimum atomic E-state index is -3.47. The molecule has 2 aromatic rings. The molecule has 0 radical (unpaired) electrons. The number of nitrogens with one attached hydrogen (secondary N) is 2. The third-order valence-electron chi connectivity index (χ3n) is 3.02. The molecule has 7 heteroatoms. The van der Waals surface area contributed by atoms with E-state index in [1.807, 2.05) is 18.4 Å². The van der Waals surface area contributed by atoms with Gasteiger partial charge in [0.2, 0.25) is 10.0 Å². The zero-order valence-corrected chi connectivity index (χ0v) is 12.9. The van der Waals surface area contributed by atoms with Gasteiger partial charge in [-0.05, 0) is 54.6 Å². The Kier molecular flexibility index (Phi) is 4.32. The molecule has 1 unspecified atom stereocenters. The quantitative estimate of drug-likeness (QED) is 0.740. The Balaban J connectivity index is 2.23. The van der Waals surface area contributed by atoms with Crippen molar-refractivity contribution in [2.45, 2.75) is 17.9 Å². The van der Waals surface area contributed by atoms with Crippen LogP contribution in [0, 0.1) is 0 Å². The van der Waals surface area contributed by atoms with Crippen LogP contribution in [-0.4, -0.2) is 15.5 Å². The molecule has 5 nitrogen and oxygen atoms in total. The van der Waals surface area contributed by atoms with Crippen LogP contribution in [0.4, 0.5) is 11.4 Å². The number of nitrogen functional groups attached to an aromatic ring is 1. The molecule has 0 amide bonds. The van der Waals surface area contributed by atoms with E-state index in [2.05, 4.69) is 15.4 Å². The number of benzene rings is 1. The maximum absolute atomic E-state index is 11.7. The van der Waals surface area contributed by atoms with Gasteiger partial charge in [-0.1, -0.05) is 0 Å². The molecule has 0 aliphatic heterocycles. The average Bonchev–Trinajstić information content (AvgIpc) is 2.95. The molecule has 1 atom stereocenters. The van der Waals surface area contributed by atoms with E-state index in [9.17, 15) is 8.42 Å². The third kappa shape index (κ3) is 3.12. The molecule has 1 aromatic heterocycles. The Hall–Kier alpha value is -1.57. The summed E-state index contributed by atoms with van der Waals surface area (Å²) in [6.45, 7) is 2.03. The molecule has 0 aliphatic rings. The van der Waals surface area contributed by atoms with E-state index in [4.69, 9.17) is 5.73 Å². The maximum Gasteiger partial charge on any atom is 0.240 e. The Morgan fingerprint density at radius 2 is 2.05 bits per heavy atom. The van der Waals surface area contributed by atoms with Crippen LogP contribution in [0.5, 0.6) is 0 Å². The van der Waals surface area contributed by atoms with Crippen LogP contribution >= 0.6 is 11.3 Å². The van der Waals surface area contributed by atoms with Crippen molar-refractivity contribution < 1.29 is 8.42 Å². The first-order valence-electron chi connectivity index (χ1n) is 6.06. The first-order chi connectivity index (χ1) is 9.44. The average molecular weight is 311 g/mol. The van der Waals surface area contributed by atoms with E-state index in [0.717, 1.165) is 5.69 Å². The largest absolute Gasteiger partial charge is 0.397 e. The van der Waals surface area contributed by atoms with Crippen LogP contribution in [0.2, 0.25) is 0 Å². The van der Waals surface area contributed by atoms with E-state index in [0.29, 0.717) is 5.69 Å². The van der Waals surface area contributed by atoms with E-state index in [1.54, 1.807) is 17.4 Å². The van der Waals surface area contributed by atoms with E-state index >= 15 is 0 Å². The van der Waals surface area contributed by atoms with Crippen molar-refractivity contribution in [3.8, 4) is 0 Å². The maximum atomic E-state index is 11.7. The molecule has 1 heterocycles. The standard InChI is InChI=1S/C13H17N3O2S2/c1-9(10-5-6-19-8-10)16-13-4-3-11(7-12(13)14)20(17,18)15-2/h3-9,15-16H,14H2,1-2H3. The minimum absolute atomic E-state index is 0.107. The van der Waals surface area contributed by atoms with Crippen LogP contribution in [0.1, 0.15) is 18.5 Å². The lowest BCUT2D eigenvalue weighted by Gasteiger charge is -2.16. The molecule has 1 aromatic carbocycles. The van der Waals surface area contributed by atoms with E-state index in [1.165, 1.54) is 24.7 Å². The van der Waals surface area contributed by atoms with Crippen molar-refractivity contribution in [1.29, 1.82) is 0 Å². The van der Waals surface area contributed by atoms with Gasteiger partial charge in [0.15, 0.2) is 0 Å². The topological polar surface area (TPSA) is 84.2 Å². The van der Waals surface area contributed by atoms with Gasteiger partial charge in [0.05, 0.1) is 16.3 Å². The Morgan fingerprint density at radius 3 is 2.60 bits per heavy atom. The fourth-order valence-electron chi connectivity index (χ4n) is 1.80. The molecular formula is C13H17N3O2S2. The predicted octanol–water partition coefficient (Wildman–Crippen LogP) is 2.41. The number of anilines is 2. The van der Waals surface area contributed by atoms with Crippen molar-refractivity contribution >= 4 is 32.7 Å². The highest BCUT2D eigenvalue weighted by Crippen LogP contribution is 2.27. The van der Waals surface area contributed by atoms with E-state index in [-0.39, 0.29) is 10.9 Å². The van der Waals surface area contributed by atoms with Crippen molar-refractivity contribution in [3.63, 3.8) is 0 Å². The summed E-state index contributed by atoms with van der Waals surface area (Å²) in [5, 5.41) is 7.35. The predicted molar refractivity (Wildman–Crippen MR) is 83.5 cm³/mol. The second-order valence-electron chi connectivity index (χ2n) is 4.38. The molecule has 0 aliphatic carbocycles. The Bertz CT molecular complexity index is 682. The molecule has 108 valence electrons. The van der Waals surface area contributed by atoms with Crippen molar-refractivity contribution in [2.75, 3.05) is 18.1 Å². The summed E-state index contributed by atoms with van der Waals surface area (Å²) in [4.78, 5) is 0.159. The Morgan fingerprint density at radius 1 is 1.30 bits per heavy atom. The van der Waals surface area contributed by atoms with Gasteiger partial charge in [-0.25, -0.2) is 13.1 Å². The lowest BCUT2D eigenvalue weighted by molar-refractivity contribution is 0.588. The summed E-state index contributed by atoms with van der Waals surface area (Å²) >= 11 is 1.63. The molecular weight excluding hydrogens is 294 g/mol. The van der Waals surface area contributed by atoms with Gasteiger partial charge in [-0.3, -0.25) is 0 Å². The van der Waals surface area contributed by atoms with Crippen molar-refractivity contribution in [3.05, 3.63) is 40.6 Å². The number of sulfonamides is 1. The van der Waals surface area contributed by atoms with Crippen molar-refractivity contribution in [2.24, 2.45) is 0 Å². The fraction of sp³-hybridized carbons (Fsp3) is 0.231. The second kappa shape index (κ2) is 5.82. The van der Waals surface area contributed by atoms with Crippen LogP contribution in [-0.2, 0) is 10.0 Å². The molecule has 0 bridgehead atoms. The van der Waals surface area contributed by atoms with Crippen molar-refractivity contribution in [1.82, 2.24) is 4.72 Å². The second-order valence-corrected chi connectivity index (χ2v) is 7.05. The first-order valence-corrected chi connectivity index (χ1v) is 8.48. The summed E-state index contributed by atoms with van der Waals surface area (Å²) in [7, 11) is -2.09. The monoisotopic (exact) mass is 311 g/mol. The van der Waals surface area contributed by atoms with Gasteiger partial charge >= 0.3 is 0 Å². The molecule has 0 fully saturated rings. The number of thiophene rings is 1. The summed E-state index contributed by atoms with van der Waals surface area (Å²) in [5.41, 5.74) is 8.22. The van der Waals surface area contributed by atoms with Gasteiger partial charge in [0, 0.05) is 6.04 Å². The highest BCUT2D eigenvalue weighted by atomic mass is 32.2. The van der Waals surface area contributed by atoms with Gasteiger partial charge in [0.25, 0.3) is 0 Å². The van der Waals surface area contributed by atoms with Crippen LogP contribution in [0.3, 0.4) is 0 Å². The minimum Gasteiger partial charge on any atom is -0.397 e. The van der Waals surface area contributed by atoms with Gasteiger partial charge in [-0.15, -0.1) is 0 Å². The number of rotatable bonds is 5. The number of hydrogen-bond donors (Lipinski definition) is 3. The summed E-state index contributed by atoms with van der Waals surface area (Å²) in [6.07, 6.45) is 0. The number of nitrogens with two attached hydrogens (primary N) is 1. The van der Waals surface area contributed by atoms with Crippen LogP contribution in [0.25, 0.3) is 0 Å². The molecule has 0 saturated carbocycles. The molecule has 0 spiro atoms. The van der Waals surface area contributed by atoms with Gasteiger partial charge < -0.3 is 11.1 Å². The third-order valence-corrected chi connectivity index (χ3v) is 5.13. The number of hydrogen-bond acceptors (Lipinski definition) is 5. The van der Waals surface area contributed by atoms with Gasteiger partial charge in [-0.2, -0.15) is 11.3 Å². The molecule has 0 saturated heterocycles. The molecule has 20 heavy (non-hydrogen) atoms. The highest BCUT2D eigenvalue weighted by molar-refractivity contribution is 7.89. The summed E-state index contributed by atoms with van der Waals surface area (Å²) in [6, 6.07) is 6.82. The zero-order valence-electron chi connectivity index (χ0n) is 11.3. The highest BCUT2D eigenvalue weighted by Gasteiger charge is 2.14. The lowest BCUT2D eigenvalue weighted by atomic mass is 10.1. The molecule has 4 N–H and O–H groups in total. The zero-order chi connectivity index (χ0) is 14.8.